The van der Waals surface area contributed by atoms with Crippen LogP contribution in [0.4, 0.5) is 0 Å². The summed E-state index contributed by atoms with van der Waals surface area (Å²) in [6.45, 7) is 1.95. The van der Waals surface area contributed by atoms with Crippen molar-refractivity contribution in [2.24, 2.45) is 0 Å². The van der Waals surface area contributed by atoms with Crippen LogP contribution in [0.15, 0.2) is 60.8 Å². The number of carboxylic acid groups (broad SMARTS) is 1. The Kier molecular flexibility index (Phi) is 3.50. The van der Waals surface area contributed by atoms with Gasteiger partial charge < -0.3 is 5.11 Å². The lowest BCUT2D eigenvalue weighted by atomic mass is 9.98. The third kappa shape index (κ3) is 2.63. The first kappa shape index (κ1) is 15.0. The van der Waals surface area contributed by atoms with Gasteiger partial charge in [-0.15, -0.1) is 10.2 Å². The number of fused-ring (bicyclic) bond motifs is 1. The van der Waals surface area contributed by atoms with Gasteiger partial charge in [-0.1, -0.05) is 30.3 Å². The molecule has 4 aromatic rings. The second kappa shape index (κ2) is 5.83. The summed E-state index contributed by atoms with van der Waals surface area (Å²) >= 11 is 0. The molecule has 0 spiro atoms. The first-order chi connectivity index (χ1) is 12.1. The molecule has 0 aliphatic carbocycles. The van der Waals surface area contributed by atoms with Crippen molar-refractivity contribution < 1.29 is 9.90 Å². The summed E-state index contributed by atoms with van der Waals surface area (Å²) in [5.41, 5.74) is 5.12. The van der Waals surface area contributed by atoms with Crippen molar-refractivity contribution in [3.05, 3.63) is 72.3 Å². The molecule has 6 nitrogen and oxygen atoms in total. The van der Waals surface area contributed by atoms with Crippen LogP contribution in [0.25, 0.3) is 28.0 Å². The summed E-state index contributed by atoms with van der Waals surface area (Å²) in [7, 11) is 0. The molecule has 0 fully saturated rings. The van der Waals surface area contributed by atoms with Gasteiger partial charge in [0.1, 0.15) is 0 Å². The maximum Gasteiger partial charge on any atom is 0.374 e. The van der Waals surface area contributed by atoms with E-state index in [0.29, 0.717) is 5.65 Å². The van der Waals surface area contributed by atoms with E-state index in [4.69, 9.17) is 0 Å². The monoisotopic (exact) mass is 330 g/mol. The molecule has 0 atom stereocenters. The molecule has 25 heavy (non-hydrogen) atoms. The summed E-state index contributed by atoms with van der Waals surface area (Å²) in [5, 5.41) is 16.9. The van der Waals surface area contributed by atoms with E-state index in [1.54, 1.807) is 12.3 Å². The molecule has 0 saturated carbocycles. The molecule has 6 heteroatoms. The third-order valence-corrected chi connectivity index (χ3v) is 4.00. The van der Waals surface area contributed by atoms with E-state index in [9.17, 15) is 9.90 Å². The zero-order valence-electron chi connectivity index (χ0n) is 13.4. The van der Waals surface area contributed by atoms with Crippen molar-refractivity contribution in [3.8, 4) is 22.4 Å². The number of aryl methyl sites for hydroxylation is 1. The predicted octanol–water partition coefficient (Wildman–Crippen LogP) is 3.46. The molecule has 0 aliphatic heterocycles. The molecule has 122 valence electrons. The van der Waals surface area contributed by atoms with Crippen molar-refractivity contribution in [1.29, 1.82) is 0 Å². The molecule has 0 saturated heterocycles. The van der Waals surface area contributed by atoms with E-state index < -0.39 is 5.97 Å². The highest BCUT2D eigenvalue weighted by atomic mass is 16.4. The molecular formula is C19H14N4O2. The Bertz CT molecular complexity index is 1100. The minimum absolute atomic E-state index is 0.108. The smallest absolute Gasteiger partial charge is 0.374 e. The zero-order chi connectivity index (χ0) is 17.4. The van der Waals surface area contributed by atoms with Crippen LogP contribution in [0.2, 0.25) is 0 Å². The van der Waals surface area contributed by atoms with Crippen LogP contribution < -0.4 is 0 Å². The Morgan fingerprint density at radius 3 is 2.52 bits per heavy atom. The Morgan fingerprint density at radius 1 is 0.960 bits per heavy atom. The summed E-state index contributed by atoms with van der Waals surface area (Å²) in [6.07, 6.45) is 1.74. The van der Waals surface area contributed by atoms with Crippen molar-refractivity contribution in [2.45, 2.75) is 6.92 Å². The van der Waals surface area contributed by atoms with Gasteiger partial charge in [0.15, 0.2) is 5.65 Å². The van der Waals surface area contributed by atoms with E-state index in [1.807, 2.05) is 55.5 Å². The van der Waals surface area contributed by atoms with E-state index >= 15 is 0 Å². The van der Waals surface area contributed by atoms with Crippen molar-refractivity contribution in [2.75, 3.05) is 0 Å². The number of rotatable bonds is 3. The van der Waals surface area contributed by atoms with Gasteiger partial charge in [0.05, 0.1) is 5.69 Å². The van der Waals surface area contributed by atoms with E-state index in [-0.39, 0.29) is 5.82 Å². The Balaban J connectivity index is 1.92. The lowest BCUT2D eigenvalue weighted by molar-refractivity contribution is 0.0682. The third-order valence-electron chi connectivity index (χ3n) is 4.00. The number of hydrogen-bond acceptors (Lipinski definition) is 4. The van der Waals surface area contributed by atoms with Gasteiger partial charge in [0.2, 0.25) is 5.82 Å². The molecular weight excluding hydrogens is 316 g/mol. The molecule has 0 unspecified atom stereocenters. The molecule has 0 amide bonds. The number of carboxylic acids is 1. The van der Waals surface area contributed by atoms with Crippen LogP contribution in [0.5, 0.6) is 0 Å². The van der Waals surface area contributed by atoms with Gasteiger partial charge in [-0.3, -0.25) is 9.38 Å². The fraction of sp³-hybridized carbons (Fsp3) is 0.0526. The summed E-state index contributed by atoms with van der Waals surface area (Å²) in [4.78, 5) is 15.9. The topological polar surface area (TPSA) is 80.4 Å². The minimum atomic E-state index is -1.11. The Hall–Kier alpha value is -3.54. The fourth-order valence-electron chi connectivity index (χ4n) is 2.85. The van der Waals surface area contributed by atoms with Gasteiger partial charge in [-0.25, -0.2) is 4.79 Å². The van der Waals surface area contributed by atoms with Crippen LogP contribution in [0.3, 0.4) is 0 Å². The quantitative estimate of drug-likeness (QED) is 0.622. The van der Waals surface area contributed by atoms with Gasteiger partial charge in [-0.05, 0) is 42.3 Å². The van der Waals surface area contributed by atoms with Crippen molar-refractivity contribution >= 4 is 11.6 Å². The SMILES string of the molecule is Cc1cccc(-c2ccccc2-c2ccc3nnc(C(=O)O)n3c2)n1. The zero-order valence-corrected chi connectivity index (χ0v) is 13.4. The second-order valence-corrected chi connectivity index (χ2v) is 5.68. The van der Waals surface area contributed by atoms with Crippen LogP contribution >= 0.6 is 0 Å². The average Bonchev–Trinajstić information content (AvgIpc) is 3.05. The molecule has 1 N–H and O–H groups in total. The number of nitrogens with zero attached hydrogens (tertiary/aromatic N) is 4. The maximum absolute atomic E-state index is 11.3. The number of benzene rings is 1. The summed E-state index contributed by atoms with van der Waals surface area (Å²) < 4.78 is 1.48. The van der Waals surface area contributed by atoms with Gasteiger partial charge in [0, 0.05) is 17.5 Å². The number of hydrogen-bond donors (Lipinski definition) is 1. The molecule has 3 aromatic heterocycles. The maximum atomic E-state index is 11.3. The number of aromatic nitrogens is 4. The average molecular weight is 330 g/mol. The van der Waals surface area contributed by atoms with Crippen molar-refractivity contribution in [1.82, 2.24) is 19.6 Å². The molecule has 0 aliphatic rings. The second-order valence-electron chi connectivity index (χ2n) is 5.68. The highest BCUT2D eigenvalue weighted by Gasteiger charge is 2.14. The van der Waals surface area contributed by atoms with Gasteiger partial charge in [0.25, 0.3) is 0 Å². The molecule has 1 aromatic carbocycles. The molecule has 0 radical (unpaired) electrons. The molecule has 4 rings (SSSR count). The summed E-state index contributed by atoms with van der Waals surface area (Å²) in [6, 6.07) is 17.5. The van der Waals surface area contributed by atoms with Gasteiger partial charge >= 0.3 is 5.97 Å². The normalized spacial score (nSPS) is 10.9. The Labute approximate surface area is 143 Å². The van der Waals surface area contributed by atoms with Crippen molar-refractivity contribution in [3.63, 3.8) is 0 Å². The number of pyridine rings is 2. The van der Waals surface area contributed by atoms with E-state index in [2.05, 4.69) is 15.2 Å². The largest absolute Gasteiger partial charge is 0.475 e. The number of carbonyl (C=O) groups is 1. The van der Waals surface area contributed by atoms with E-state index in [0.717, 1.165) is 28.1 Å². The predicted molar refractivity (Wildman–Crippen MR) is 93.4 cm³/mol. The highest BCUT2D eigenvalue weighted by molar-refractivity contribution is 5.86. The lowest BCUT2D eigenvalue weighted by Gasteiger charge is -2.10. The fourth-order valence-corrected chi connectivity index (χ4v) is 2.85. The lowest BCUT2D eigenvalue weighted by Crippen LogP contribution is -2.03. The highest BCUT2D eigenvalue weighted by Crippen LogP contribution is 2.31. The Morgan fingerprint density at radius 2 is 1.76 bits per heavy atom. The van der Waals surface area contributed by atoms with E-state index in [1.165, 1.54) is 4.40 Å². The first-order valence-electron chi connectivity index (χ1n) is 7.75. The van der Waals surface area contributed by atoms with Crippen LogP contribution in [0, 0.1) is 6.92 Å². The standard InChI is InChI=1S/C19H14N4O2/c1-12-5-4-8-16(20-12)15-7-3-2-6-14(15)13-9-10-17-21-22-18(19(24)25)23(17)11-13/h2-11H,1H3,(H,24,25). The summed E-state index contributed by atoms with van der Waals surface area (Å²) in [5.74, 6) is -1.22. The minimum Gasteiger partial charge on any atom is -0.475 e. The number of aromatic carboxylic acids is 1. The van der Waals surface area contributed by atoms with Crippen LogP contribution in [-0.2, 0) is 0 Å². The van der Waals surface area contributed by atoms with Gasteiger partial charge in [-0.2, -0.15) is 0 Å². The molecule has 3 heterocycles. The first-order valence-corrected chi connectivity index (χ1v) is 7.75. The van der Waals surface area contributed by atoms with Crippen LogP contribution in [0.1, 0.15) is 16.3 Å². The molecule has 0 bridgehead atoms. The van der Waals surface area contributed by atoms with Crippen LogP contribution in [-0.4, -0.2) is 30.7 Å².